The van der Waals surface area contributed by atoms with Crippen LogP contribution in [0.1, 0.15) is 18.0 Å². The van der Waals surface area contributed by atoms with Crippen LogP contribution in [0.2, 0.25) is 5.02 Å². The lowest BCUT2D eigenvalue weighted by molar-refractivity contribution is 0.383. The Morgan fingerprint density at radius 2 is 2.25 bits per heavy atom. The van der Waals surface area contributed by atoms with Crippen molar-refractivity contribution in [3.63, 3.8) is 0 Å². The molecule has 1 N–H and O–H groups in total. The number of hydrogen-bond acceptors (Lipinski definition) is 1. The van der Waals surface area contributed by atoms with Crippen molar-refractivity contribution >= 4 is 27.5 Å². The zero-order valence-electron chi connectivity index (χ0n) is 6.48. The molecule has 2 rings (SSSR count). The van der Waals surface area contributed by atoms with Gasteiger partial charge < -0.3 is 5.32 Å². The maximum atomic E-state index is 5.88. The van der Waals surface area contributed by atoms with Gasteiger partial charge >= 0.3 is 0 Å². The van der Waals surface area contributed by atoms with Crippen LogP contribution in [0.3, 0.4) is 0 Å². The van der Waals surface area contributed by atoms with E-state index < -0.39 is 0 Å². The van der Waals surface area contributed by atoms with Crippen LogP contribution in [0.4, 0.5) is 0 Å². The van der Waals surface area contributed by atoms with E-state index >= 15 is 0 Å². The highest BCUT2D eigenvalue weighted by Crippen LogP contribution is 2.29. The summed E-state index contributed by atoms with van der Waals surface area (Å²) >= 11 is 9.29. The minimum absolute atomic E-state index is 0.540. The largest absolute Gasteiger partial charge is 0.310 e. The number of benzene rings is 1. The van der Waals surface area contributed by atoms with Crippen LogP contribution >= 0.6 is 27.5 Å². The Morgan fingerprint density at radius 1 is 1.50 bits per heavy atom. The fourth-order valence-electron chi connectivity index (χ4n) is 1.30. The van der Waals surface area contributed by atoms with Gasteiger partial charge in [-0.2, -0.15) is 0 Å². The fourth-order valence-corrected chi connectivity index (χ4v) is 1.82. The van der Waals surface area contributed by atoms with Gasteiger partial charge in [0.05, 0.1) is 5.02 Å². The minimum Gasteiger partial charge on any atom is -0.310 e. The summed E-state index contributed by atoms with van der Waals surface area (Å²) in [5, 5.41) is 4.12. The van der Waals surface area contributed by atoms with E-state index in [9.17, 15) is 0 Å². The predicted octanol–water partition coefficient (Wildman–Crippen LogP) is 3.14. The van der Waals surface area contributed by atoms with Gasteiger partial charge in [0.2, 0.25) is 0 Å². The van der Waals surface area contributed by atoms with E-state index in [-0.39, 0.29) is 0 Å². The Hall–Kier alpha value is -0.0500. The lowest BCUT2D eigenvalue weighted by Crippen LogP contribution is -2.34. The highest BCUT2D eigenvalue weighted by Gasteiger charge is 2.18. The van der Waals surface area contributed by atoms with Crippen LogP contribution in [-0.4, -0.2) is 6.54 Å². The topological polar surface area (TPSA) is 12.0 Å². The van der Waals surface area contributed by atoms with Crippen molar-refractivity contribution in [2.45, 2.75) is 12.5 Å². The molecule has 1 aromatic rings. The molecule has 0 aromatic heterocycles. The third-order valence-electron chi connectivity index (χ3n) is 2.17. The van der Waals surface area contributed by atoms with Gasteiger partial charge in [0.15, 0.2) is 0 Å². The van der Waals surface area contributed by atoms with Crippen LogP contribution in [-0.2, 0) is 0 Å². The molecule has 0 aliphatic carbocycles. The molecule has 1 aliphatic heterocycles. The zero-order chi connectivity index (χ0) is 8.55. The molecule has 1 aromatic carbocycles. The standard InChI is InChI=1S/C9H9BrClN/c10-7-5-6(1-2-8(7)11)9-3-4-12-9/h1-2,5,9,12H,3-4H2. The summed E-state index contributed by atoms with van der Waals surface area (Å²) in [7, 11) is 0. The van der Waals surface area contributed by atoms with Crippen LogP contribution < -0.4 is 5.32 Å². The highest BCUT2D eigenvalue weighted by molar-refractivity contribution is 9.10. The Labute approximate surface area is 85.2 Å². The maximum absolute atomic E-state index is 5.88. The molecule has 1 saturated heterocycles. The number of rotatable bonds is 1. The lowest BCUT2D eigenvalue weighted by Gasteiger charge is -2.28. The normalized spacial score (nSPS) is 22.0. The summed E-state index contributed by atoms with van der Waals surface area (Å²) in [5.41, 5.74) is 1.32. The van der Waals surface area contributed by atoms with Crippen LogP contribution in [0, 0.1) is 0 Å². The minimum atomic E-state index is 0.540. The van der Waals surface area contributed by atoms with E-state index in [2.05, 4.69) is 33.4 Å². The van der Waals surface area contributed by atoms with Gasteiger partial charge in [-0.25, -0.2) is 0 Å². The first-order valence-corrected chi connectivity index (χ1v) is 5.13. The third-order valence-corrected chi connectivity index (χ3v) is 3.38. The molecule has 0 spiro atoms. The molecular weight excluding hydrogens is 237 g/mol. The summed E-state index contributed by atoms with van der Waals surface area (Å²) in [4.78, 5) is 0. The molecular formula is C9H9BrClN. The van der Waals surface area contributed by atoms with Gasteiger partial charge in [-0.1, -0.05) is 17.7 Å². The Bertz CT molecular complexity index is 297. The van der Waals surface area contributed by atoms with Gasteiger partial charge in [-0.05, 0) is 46.6 Å². The van der Waals surface area contributed by atoms with E-state index in [4.69, 9.17) is 11.6 Å². The van der Waals surface area contributed by atoms with E-state index in [0.29, 0.717) is 6.04 Å². The van der Waals surface area contributed by atoms with Gasteiger partial charge in [0, 0.05) is 10.5 Å². The van der Waals surface area contributed by atoms with Crippen LogP contribution in [0.15, 0.2) is 22.7 Å². The van der Waals surface area contributed by atoms with Gasteiger partial charge in [-0.15, -0.1) is 0 Å². The maximum Gasteiger partial charge on any atom is 0.0548 e. The summed E-state index contributed by atoms with van der Waals surface area (Å²) < 4.78 is 0.982. The van der Waals surface area contributed by atoms with Crippen LogP contribution in [0.25, 0.3) is 0 Å². The van der Waals surface area contributed by atoms with Crippen molar-refractivity contribution in [3.05, 3.63) is 33.3 Å². The molecule has 3 heteroatoms. The Balaban J connectivity index is 2.27. The van der Waals surface area contributed by atoms with E-state index in [0.717, 1.165) is 16.0 Å². The monoisotopic (exact) mass is 245 g/mol. The second-order valence-electron chi connectivity index (χ2n) is 2.97. The quantitative estimate of drug-likeness (QED) is 0.803. The first-order valence-electron chi connectivity index (χ1n) is 3.96. The second kappa shape index (κ2) is 3.36. The smallest absolute Gasteiger partial charge is 0.0548 e. The second-order valence-corrected chi connectivity index (χ2v) is 4.23. The number of halogens is 2. The molecule has 0 bridgehead atoms. The van der Waals surface area contributed by atoms with Crippen molar-refractivity contribution < 1.29 is 0 Å². The first kappa shape index (κ1) is 8.54. The predicted molar refractivity (Wildman–Crippen MR) is 54.5 cm³/mol. The van der Waals surface area contributed by atoms with Crippen molar-refractivity contribution in [2.24, 2.45) is 0 Å². The van der Waals surface area contributed by atoms with Crippen molar-refractivity contribution in [2.75, 3.05) is 6.54 Å². The average Bonchev–Trinajstić information content (AvgIpc) is 1.93. The number of hydrogen-bond donors (Lipinski definition) is 1. The molecule has 1 heterocycles. The summed E-state index contributed by atoms with van der Waals surface area (Å²) in [6, 6.07) is 6.63. The molecule has 1 atom stereocenters. The molecule has 12 heavy (non-hydrogen) atoms. The zero-order valence-corrected chi connectivity index (χ0v) is 8.82. The molecule has 0 amide bonds. The molecule has 0 saturated carbocycles. The van der Waals surface area contributed by atoms with Gasteiger partial charge in [-0.3, -0.25) is 0 Å². The van der Waals surface area contributed by atoms with E-state index in [1.165, 1.54) is 12.0 Å². The van der Waals surface area contributed by atoms with Crippen molar-refractivity contribution in [3.8, 4) is 0 Å². The molecule has 1 aliphatic rings. The Kier molecular flexibility index (Phi) is 2.40. The summed E-state index contributed by atoms with van der Waals surface area (Å²) in [6.07, 6.45) is 1.23. The Morgan fingerprint density at radius 3 is 2.75 bits per heavy atom. The van der Waals surface area contributed by atoms with Crippen molar-refractivity contribution in [1.29, 1.82) is 0 Å². The highest BCUT2D eigenvalue weighted by atomic mass is 79.9. The van der Waals surface area contributed by atoms with Crippen LogP contribution in [0.5, 0.6) is 0 Å². The summed E-state index contributed by atoms with van der Waals surface area (Å²) in [6.45, 7) is 1.13. The van der Waals surface area contributed by atoms with Crippen molar-refractivity contribution in [1.82, 2.24) is 5.32 Å². The molecule has 1 nitrogen and oxygen atoms in total. The molecule has 0 radical (unpaired) electrons. The SMILES string of the molecule is Clc1ccc(C2CCN2)cc1Br. The molecule has 64 valence electrons. The summed E-state index contributed by atoms with van der Waals surface area (Å²) in [5.74, 6) is 0. The van der Waals surface area contributed by atoms with E-state index in [1.54, 1.807) is 0 Å². The molecule has 1 unspecified atom stereocenters. The van der Waals surface area contributed by atoms with Gasteiger partial charge in [0.1, 0.15) is 0 Å². The fraction of sp³-hybridized carbons (Fsp3) is 0.333. The van der Waals surface area contributed by atoms with E-state index in [1.807, 2.05) is 6.07 Å². The first-order chi connectivity index (χ1) is 5.77. The number of nitrogens with one attached hydrogen (secondary N) is 1. The third kappa shape index (κ3) is 1.51. The van der Waals surface area contributed by atoms with Gasteiger partial charge in [0.25, 0.3) is 0 Å². The molecule has 1 fully saturated rings. The lowest BCUT2D eigenvalue weighted by atomic mass is 9.98. The average molecular weight is 247 g/mol.